The number of Topliss-reactive ketones (excluding diaryl/α,β-unsaturated/α-hetero) is 1. The number of hydrogen-bond acceptors (Lipinski definition) is 6. The Hall–Kier alpha value is -2.98. The minimum Gasteiger partial charge on any atom is -0.378 e. The number of nitrogens with zero attached hydrogens (tertiary/aromatic N) is 2. The summed E-state index contributed by atoms with van der Waals surface area (Å²) in [6.07, 6.45) is 0.771. The number of ketones is 1. The molecule has 194 valence electrons. The Morgan fingerprint density at radius 2 is 1.69 bits per heavy atom. The molecule has 4 amide bonds. The second-order valence-electron chi connectivity index (χ2n) is 9.28. The smallest absolute Gasteiger partial charge is 0.318 e. The van der Waals surface area contributed by atoms with Crippen LogP contribution in [0, 0.1) is 5.92 Å². The van der Waals surface area contributed by atoms with Gasteiger partial charge in [0.15, 0.2) is 0 Å². The lowest BCUT2D eigenvalue weighted by atomic mass is 9.99. The maximum atomic E-state index is 13.2. The summed E-state index contributed by atoms with van der Waals surface area (Å²) in [6.45, 7) is 6.34. The summed E-state index contributed by atoms with van der Waals surface area (Å²) in [7, 11) is 3.74. The number of urea groups is 1. The normalized spacial score (nSPS) is 15.4. The molecule has 1 aliphatic rings. The van der Waals surface area contributed by atoms with Crippen molar-refractivity contribution < 1.29 is 23.9 Å². The SMILES string of the molecule is CC(C)[C@H](NC(=O)N1CCOCC1)C(=O)NC(CCc1ccccc1)C(=O)C(=O)NCCN(C)C. The molecule has 1 unspecified atom stereocenters. The predicted octanol–water partition coefficient (Wildman–Crippen LogP) is 0.417. The predicted molar refractivity (Wildman–Crippen MR) is 133 cm³/mol. The van der Waals surface area contributed by atoms with E-state index in [0.29, 0.717) is 45.8 Å². The molecule has 1 fully saturated rings. The number of nitrogens with one attached hydrogen (secondary N) is 3. The first-order valence-electron chi connectivity index (χ1n) is 12.1. The minimum absolute atomic E-state index is 0.223. The molecule has 3 N–H and O–H groups in total. The van der Waals surface area contributed by atoms with Crippen LogP contribution < -0.4 is 16.0 Å². The number of carbonyl (C=O) groups is 4. The molecular formula is C25H39N5O5. The lowest BCUT2D eigenvalue weighted by molar-refractivity contribution is -0.140. The lowest BCUT2D eigenvalue weighted by Gasteiger charge is -2.30. The van der Waals surface area contributed by atoms with Gasteiger partial charge in [-0.2, -0.15) is 0 Å². The molecule has 0 aliphatic carbocycles. The fraction of sp³-hybridized carbons (Fsp3) is 0.600. The highest BCUT2D eigenvalue weighted by Crippen LogP contribution is 2.09. The van der Waals surface area contributed by atoms with Crippen molar-refractivity contribution in [3.8, 4) is 0 Å². The largest absolute Gasteiger partial charge is 0.378 e. The first-order valence-corrected chi connectivity index (χ1v) is 12.1. The average Bonchev–Trinajstić information content (AvgIpc) is 2.85. The summed E-state index contributed by atoms with van der Waals surface area (Å²) in [5, 5.41) is 8.14. The van der Waals surface area contributed by atoms with Gasteiger partial charge in [0.25, 0.3) is 5.91 Å². The fourth-order valence-corrected chi connectivity index (χ4v) is 3.65. The van der Waals surface area contributed by atoms with Gasteiger partial charge < -0.3 is 30.5 Å². The van der Waals surface area contributed by atoms with Crippen LogP contribution in [0.25, 0.3) is 0 Å². The molecule has 10 heteroatoms. The number of benzene rings is 1. The van der Waals surface area contributed by atoms with E-state index in [2.05, 4.69) is 16.0 Å². The molecule has 1 aromatic carbocycles. The van der Waals surface area contributed by atoms with Crippen LogP contribution in [-0.4, -0.2) is 99.0 Å². The number of hydrogen-bond donors (Lipinski definition) is 3. The number of morpholine rings is 1. The Morgan fingerprint density at radius 1 is 1.03 bits per heavy atom. The molecule has 0 bridgehead atoms. The number of likely N-dealkylation sites (N-methyl/N-ethyl adjacent to an activating group) is 1. The lowest BCUT2D eigenvalue weighted by Crippen LogP contribution is -2.58. The summed E-state index contributed by atoms with van der Waals surface area (Å²) in [5.41, 5.74) is 0.994. The molecule has 0 radical (unpaired) electrons. The van der Waals surface area contributed by atoms with Crippen molar-refractivity contribution in [2.24, 2.45) is 5.92 Å². The average molecular weight is 490 g/mol. The Kier molecular flexibility index (Phi) is 11.6. The maximum absolute atomic E-state index is 13.2. The second kappa shape index (κ2) is 14.4. The highest BCUT2D eigenvalue weighted by Gasteiger charge is 2.32. The summed E-state index contributed by atoms with van der Waals surface area (Å²) in [5.74, 6) is -2.15. The third kappa shape index (κ3) is 9.65. The van der Waals surface area contributed by atoms with Gasteiger partial charge in [-0.15, -0.1) is 0 Å². The molecule has 0 spiro atoms. The van der Waals surface area contributed by atoms with Gasteiger partial charge in [-0.1, -0.05) is 44.2 Å². The van der Waals surface area contributed by atoms with E-state index in [9.17, 15) is 19.2 Å². The van der Waals surface area contributed by atoms with Crippen molar-refractivity contribution in [3.63, 3.8) is 0 Å². The molecule has 1 saturated heterocycles. The molecule has 2 rings (SSSR count). The van der Waals surface area contributed by atoms with Crippen LogP contribution in [0.5, 0.6) is 0 Å². The van der Waals surface area contributed by atoms with Crippen molar-refractivity contribution in [2.45, 2.75) is 38.8 Å². The summed E-state index contributed by atoms with van der Waals surface area (Å²) in [4.78, 5) is 54.9. The molecule has 35 heavy (non-hydrogen) atoms. The van der Waals surface area contributed by atoms with Crippen LogP contribution in [0.3, 0.4) is 0 Å². The Labute approximate surface area is 207 Å². The highest BCUT2D eigenvalue weighted by atomic mass is 16.5. The van der Waals surface area contributed by atoms with E-state index in [1.165, 1.54) is 0 Å². The first kappa shape index (κ1) is 28.3. The van der Waals surface area contributed by atoms with Crippen molar-refractivity contribution in [3.05, 3.63) is 35.9 Å². The van der Waals surface area contributed by atoms with Gasteiger partial charge in [-0.3, -0.25) is 14.4 Å². The Balaban J connectivity index is 2.08. The molecule has 1 aromatic rings. The van der Waals surface area contributed by atoms with Crippen molar-refractivity contribution >= 4 is 23.6 Å². The van der Waals surface area contributed by atoms with Crippen molar-refractivity contribution in [2.75, 3.05) is 53.5 Å². The molecule has 1 aliphatic heterocycles. The number of amides is 4. The zero-order valence-corrected chi connectivity index (χ0v) is 21.2. The number of carbonyl (C=O) groups excluding carboxylic acids is 4. The van der Waals surface area contributed by atoms with E-state index >= 15 is 0 Å². The van der Waals surface area contributed by atoms with Crippen LogP contribution in [0.1, 0.15) is 25.8 Å². The highest BCUT2D eigenvalue weighted by molar-refractivity contribution is 6.38. The Morgan fingerprint density at radius 3 is 2.29 bits per heavy atom. The molecule has 1 heterocycles. The van der Waals surface area contributed by atoms with Gasteiger partial charge in [0, 0.05) is 26.2 Å². The number of ether oxygens (including phenoxy) is 1. The minimum atomic E-state index is -1.01. The number of aryl methyl sites for hydroxylation is 1. The van der Waals surface area contributed by atoms with Crippen LogP contribution in [0.15, 0.2) is 30.3 Å². The summed E-state index contributed by atoms with van der Waals surface area (Å²) < 4.78 is 5.28. The third-order valence-corrected chi connectivity index (χ3v) is 5.79. The molecule has 0 aromatic heterocycles. The van der Waals surface area contributed by atoms with E-state index < -0.39 is 29.7 Å². The summed E-state index contributed by atoms with van der Waals surface area (Å²) in [6, 6.07) is 7.34. The van der Waals surface area contributed by atoms with Crippen LogP contribution in [0.2, 0.25) is 0 Å². The number of rotatable bonds is 12. The first-order chi connectivity index (χ1) is 16.7. The standard InChI is InChI=1S/C25H39N5O5/c1-18(2)21(28-25(34)30-14-16-35-17-15-30)23(32)27-20(11-10-19-8-6-5-7-9-19)22(31)24(33)26-12-13-29(3)4/h5-9,18,20-21H,10-17H2,1-4H3,(H,26,33)(H,27,32)(H,28,34)/t20?,21-/m0/s1. The van der Waals surface area contributed by atoms with E-state index in [1.807, 2.05) is 63.2 Å². The van der Waals surface area contributed by atoms with E-state index in [0.717, 1.165) is 5.56 Å². The Bertz CT molecular complexity index is 840. The van der Waals surface area contributed by atoms with Gasteiger partial charge in [0.05, 0.1) is 19.3 Å². The fourth-order valence-electron chi connectivity index (χ4n) is 3.65. The zero-order valence-electron chi connectivity index (χ0n) is 21.2. The van der Waals surface area contributed by atoms with Gasteiger partial charge in [-0.25, -0.2) is 4.79 Å². The quantitative estimate of drug-likeness (QED) is 0.366. The van der Waals surface area contributed by atoms with Crippen LogP contribution >= 0.6 is 0 Å². The molecule has 2 atom stereocenters. The zero-order chi connectivity index (χ0) is 25.8. The van der Waals surface area contributed by atoms with Gasteiger partial charge in [0.1, 0.15) is 6.04 Å². The third-order valence-electron chi connectivity index (χ3n) is 5.79. The van der Waals surface area contributed by atoms with E-state index in [1.54, 1.807) is 4.90 Å². The van der Waals surface area contributed by atoms with E-state index in [4.69, 9.17) is 4.74 Å². The monoisotopic (exact) mass is 489 g/mol. The van der Waals surface area contributed by atoms with Gasteiger partial charge >= 0.3 is 6.03 Å². The molecule has 0 saturated carbocycles. The van der Waals surface area contributed by atoms with E-state index in [-0.39, 0.29) is 18.4 Å². The van der Waals surface area contributed by atoms with Crippen LogP contribution in [0.4, 0.5) is 4.79 Å². The second-order valence-corrected chi connectivity index (χ2v) is 9.28. The van der Waals surface area contributed by atoms with Gasteiger partial charge in [-0.05, 0) is 38.4 Å². The molecular weight excluding hydrogens is 450 g/mol. The van der Waals surface area contributed by atoms with Crippen molar-refractivity contribution in [1.29, 1.82) is 0 Å². The van der Waals surface area contributed by atoms with Gasteiger partial charge in [0.2, 0.25) is 11.7 Å². The molecule has 10 nitrogen and oxygen atoms in total. The maximum Gasteiger partial charge on any atom is 0.318 e. The topological polar surface area (TPSA) is 120 Å². The summed E-state index contributed by atoms with van der Waals surface area (Å²) >= 11 is 0. The van der Waals surface area contributed by atoms with Crippen molar-refractivity contribution in [1.82, 2.24) is 25.8 Å². The van der Waals surface area contributed by atoms with Crippen LogP contribution in [-0.2, 0) is 25.5 Å².